The maximum Gasteiger partial charge on any atom is 0.358 e. The molecule has 0 unspecified atom stereocenters. The number of hydrogen-bond acceptors (Lipinski definition) is 4. The van der Waals surface area contributed by atoms with Gasteiger partial charge in [0.2, 0.25) is 0 Å². The van der Waals surface area contributed by atoms with Crippen LogP contribution in [0.3, 0.4) is 0 Å². The fraction of sp³-hybridized carbons (Fsp3) is 0.357. The van der Waals surface area contributed by atoms with E-state index >= 15 is 0 Å². The van der Waals surface area contributed by atoms with Gasteiger partial charge >= 0.3 is 5.97 Å². The highest BCUT2D eigenvalue weighted by Crippen LogP contribution is 2.20. The number of esters is 1. The van der Waals surface area contributed by atoms with E-state index in [0.29, 0.717) is 6.54 Å². The molecule has 6 heteroatoms. The van der Waals surface area contributed by atoms with Crippen molar-refractivity contribution in [2.24, 2.45) is 0 Å². The molecule has 0 aliphatic rings. The van der Waals surface area contributed by atoms with Crippen LogP contribution in [-0.4, -0.2) is 27.6 Å². The van der Waals surface area contributed by atoms with Crippen molar-refractivity contribution in [2.75, 3.05) is 6.61 Å². The third-order valence-electron chi connectivity index (χ3n) is 2.78. The van der Waals surface area contributed by atoms with E-state index < -0.39 is 12.1 Å². The lowest BCUT2D eigenvalue weighted by atomic mass is 10.2. The zero-order valence-corrected chi connectivity index (χ0v) is 11.4. The Bertz CT molecular complexity index is 581. The minimum atomic E-state index is -1.38. The van der Waals surface area contributed by atoms with Crippen molar-refractivity contribution in [1.82, 2.24) is 15.0 Å². The summed E-state index contributed by atoms with van der Waals surface area (Å²) < 4.78 is 19.8. The van der Waals surface area contributed by atoms with Crippen LogP contribution in [-0.2, 0) is 11.3 Å². The Labute approximate surface area is 116 Å². The van der Waals surface area contributed by atoms with Gasteiger partial charge in [-0.2, -0.15) is 0 Å². The molecule has 0 radical (unpaired) electrons. The average molecular weight is 277 g/mol. The summed E-state index contributed by atoms with van der Waals surface area (Å²) in [5.41, 5.74) is 1.03. The normalized spacial score (nSPS) is 12.2. The molecule has 0 saturated heterocycles. The lowest BCUT2D eigenvalue weighted by molar-refractivity contribution is 0.0509. The largest absolute Gasteiger partial charge is 0.461 e. The van der Waals surface area contributed by atoms with Crippen molar-refractivity contribution >= 4 is 5.97 Å². The second-order valence-corrected chi connectivity index (χ2v) is 4.30. The van der Waals surface area contributed by atoms with Crippen LogP contribution in [0.25, 0.3) is 0 Å². The SMILES string of the molecule is CCOC(=O)c1c([C@@H](C)F)nnn1Cc1ccccc1. The van der Waals surface area contributed by atoms with E-state index in [1.807, 2.05) is 30.3 Å². The maximum absolute atomic E-state index is 13.5. The quantitative estimate of drug-likeness (QED) is 0.788. The summed E-state index contributed by atoms with van der Waals surface area (Å²) in [6, 6.07) is 9.46. The molecule has 1 aromatic heterocycles. The Kier molecular flexibility index (Phi) is 4.45. The Morgan fingerprint density at radius 3 is 2.70 bits per heavy atom. The number of ether oxygens (including phenoxy) is 1. The van der Waals surface area contributed by atoms with Crippen molar-refractivity contribution in [1.29, 1.82) is 0 Å². The lowest BCUT2D eigenvalue weighted by Gasteiger charge is -2.08. The Hall–Kier alpha value is -2.24. The molecule has 0 aliphatic carbocycles. The van der Waals surface area contributed by atoms with Gasteiger partial charge in [-0.1, -0.05) is 35.5 Å². The van der Waals surface area contributed by atoms with Crippen LogP contribution in [0.15, 0.2) is 30.3 Å². The molecule has 0 amide bonds. The van der Waals surface area contributed by atoms with Gasteiger partial charge in [-0.15, -0.1) is 5.10 Å². The number of nitrogens with zero attached hydrogens (tertiary/aromatic N) is 3. The number of aromatic nitrogens is 3. The van der Waals surface area contributed by atoms with Crippen LogP contribution >= 0.6 is 0 Å². The number of rotatable bonds is 5. The summed E-state index contributed by atoms with van der Waals surface area (Å²) in [5, 5.41) is 7.61. The van der Waals surface area contributed by atoms with Crippen LogP contribution in [0, 0.1) is 0 Å². The first-order chi connectivity index (χ1) is 9.63. The molecule has 1 atom stereocenters. The van der Waals surface area contributed by atoms with Crippen molar-refractivity contribution in [2.45, 2.75) is 26.6 Å². The minimum Gasteiger partial charge on any atom is -0.461 e. The predicted octanol–water partition coefficient (Wildman–Crippen LogP) is 2.53. The molecular formula is C14H16FN3O2. The van der Waals surface area contributed by atoms with Gasteiger partial charge in [-0.25, -0.2) is 13.9 Å². The van der Waals surface area contributed by atoms with E-state index in [-0.39, 0.29) is 18.0 Å². The summed E-state index contributed by atoms with van der Waals surface area (Å²) in [6.45, 7) is 3.57. The highest BCUT2D eigenvalue weighted by atomic mass is 19.1. The molecular weight excluding hydrogens is 261 g/mol. The molecule has 20 heavy (non-hydrogen) atoms. The summed E-state index contributed by atoms with van der Waals surface area (Å²) in [6.07, 6.45) is -1.38. The van der Waals surface area contributed by atoms with Gasteiger partial charge in [0.1, 0.15) is 11.9 Å². The van der Waals surface area contributed by atoms with Gasteiger partial charge < -0.3 is 4.74 Å². The summed E-state index contributed by atoms with van der Waals surface area (Å²) in [5.74, 6) is -0.604. The van der Waals surface area contributed by atoms with Crippen molar-refractivity contribution in [3.8, 4) is 0 Å². The molecule has 1 aromatic carbocycles. The van der Waals surface area contributed by atoms with Crippen molar-refractivity contribution < 1.29 is 13.9 Å². The Morgan fingerprint density at radius 1 is 1.40 bits per heavy atom. The first-order valence-electron chi connectivity index (χ1n) is 6.42. The fourth-order valence-electron chi connectivity index (χ4n) is 1.87. The lowest BCUT2D eigenvalue weighted by Crippen LogP contribution is -2.16. The molecule has 0 N–H and O–H groups in total. The van der Waals surface area contributed by atoms with E-state index in [1.54, 1.807) is 6.92 Å². The van der Waals surface area contributed by atoms with Crippen LogP contribution in [0.4, 0.5) is 4.39 Å². The molecule has 106 valence electrons. The number of carbonyl (C=O) groups is 1. The number of benzene rings is 1. The number of alkyl halides is 1. The van der Waals surface area contributed by atoms with Gasteiger partial charge in [0, 0.05) is 0 Å². The molecule has 5 nitrogen and oxygen atoms in total. The molecule has 0 bridgehead atoms. The highest BCUT2D eigenvalue weighted by Gasteiger charge is 2.25. The molecule has 0 spiro atoms. The average Bonchev–Trinajstić information content (AvgIpc) is 2.84. The van der Waals surface area contributed by atoms with Gasteiger partial charge in [0.05, 0.1) is 13.2 Å². The first-order valence-corrected chi connectivity index (χ1v) is 6.42. The topological polar surface area (TPSA) is 57.0 Å². The predicted molar refractivity (Wildman–Crippen MR) is 71.0 cm³/mol. The zero-order valence-electron chi connectivity index (χ0n) is 11.4. The Balaban J connectivity index is 2.35. The highest BCUT2D eigenvalue weighted by molar-refractivity contribution is 5.88. The maximum atomic E-state index is 13.5. The molecule has 2 rings (SSSR count). The zero-order chi connectivity index (χ0) is 14.5. The van der Waals surface area contributed by atoms with E-state index in [2.05, 4.69) is 10.3 Å². The van der Waals surface area contributed by atoms with E-state index in [1.165, 1.54) is 11.6 Å². The van der Waals surface area contributed by atoms with Gasteiger partial charge in [0.15, 0.2) is 5.69 Å². The number of halogens is 1. The number of carbonyl (C=O) groups excluding carboxylic acids is 1. The van der Waals surface area contributed by atoms with Crippen LogP contribution < -0.4 is 0 Å². The summed E-state index contributed by atoms with van der Waals surface area (Å²) in [4.78, 5) is 12.0. The van der Waals surface area contributed by atoms with Gasteiger partial charge in [-0.3, -0.25) is 0 Å². The summed E-state index contributed by atoms with van der Waals surface area (Å²) >= 11 is 0. The summed E-state index contributed by atoms with van der Waals surface area (Å²) in [7, 11) is 0. The molecule has 0 saturated carbocycles. The van der Waals surface area contributed by atoms with Crippen molar-refractivity contribution in [3.63, 3.8) is 0 Å². The monoisotopic (exact) mass is 277 g/mol. The third-order valence-corrected chi connectivity index (χ3v) is 2.78. The van der Waals surface area contributed by atoms with E-state index in [4.69, 9.17) is 4.74 Å². The van der Waals surface area contributed by atoms with Crippen LogP contribution in [0.1, 0.15) is 41.8 Å². The Morgan fingerprint density at radius 2 is 2.10 bits per heavy atom. The standard InChI is InChI=1S/C14H16FN3O2/c1-3-20-14(19)13-12(10(2)15)16-17-18(13)9-11-7-5-4-6-8-11/h4-8,10H,3,9H2,1-2H3/t10-/m1/s1. The van der Waals surface area contributed by atoms with Crippen LogP contribution in [0.2, 0.25) is 0 Å². The second kappa shape index (κ2) is 6.27. The first kappa shape index (κ1) is 14.2. The van der Waals surface area contributed by atoms with Gasteiger partial charge in [0.25, 0.3) is 0 Å². The number of hydrogen-bond donors (Lipinski definition) is 0. The minimum absolute atomic E-state index is 0.0133. The fourth-order valence-corrected chi connectivity index (χ4v) is 1.87. The van der Waals surface area contributed by atoms with E-state index in [9.17, 15) is 9.18 Å². The molecule has 1 heterocycles. The molecule has 0 fully saturated rings. The van der Waals surface area contributed by atoms with Gasteiger partial charge in [-0.05, 0) is 19.4 Å². The third kappa shape index (κ3) is 3.01. The van der Waals surface area contributed by atoms with Crippen LogP contribution in [0.5, 0.6) is 0 Å². The molecule has 0 aliphatic heterocycles. The molecule has 2 aromatic rings. The second-order valence-electron chi connectivity index (χ2n) is 4.30. The smallest absolute Gasteiger partial charge is 0.358 e. The van der Waals surface area contributed by atoms with E-state index in [0.717, 1.165) is 5.56 Å². The van der Waals surface area contributed by atoms with Crippen molar-refractivity contribution in [3.05, 3.63) is 47.3 Å².